The lowest BCUT2D eigenvalue weighted by atomic mass is 10.1. The molecule has 0 spiro atoms. The Morgan fingerprint density at radius 3 is 2.87 bits per heavy atom. The van der Waals surface area contributed by atoms with Gasteiger partial charge in [-0.2, -0.15) is 0 Å². The normalized spacial score (nSPS) is 21.9. The first-order chi connectivity index (χ1) is 11.1. The number of nitrogens with two attached hydrogens (primary N) is 1. The number of pyridine rings is 1. The highest BCUT2D eigenvalue weighted by Crippen LogP contribution is 2.30. The molecule has 2 heterocycles. The maximum Gasteiger partial charge on any atom is 0.252 e. The summed E-state index contributed by atoms with van der Waals surface area (Å²) in [5.74, 6) is 0.657. The molecule has 2 N–H and O–H groups in total. The smallest absolute Gasteiger partial charge is 0.252 e. The van der Waals surface area contributed by atoms with Crippen molar-refractivity contribution >= 4 is 17.6 Å². The molecule has 1 saturated heterocycles. The summed E-state index contributed by atoms with van der Waals surface area (Å²) in [6, 6.07) is 3.83. The van der Waals surface area contributed by atoms with Gasteiger partial charge in [-0.05, 0) is 25.0 Å². The van der Waals surface area contributed by atoms with Gasteiger partial charge in [0.1, 0.15) is 5.82 Å². The first kappa shape index (κ1) is 15.8. The van der Waals surface area contributed by atoms with Crippen LogP contribution in [0.15, 0.2) is 18.3 Å². The van der Waals surface area contributed by atoms with Crippen molar-refractivity contribution in [3.05, 3.63) is 23.9 Å². The van der Waals surface area contributed by atoms with Gasteiger partial charge < -0.3 is 15.5 Å². The number of primary amides is 1. The minimum Gasteiger partial charge on any atom is -0.365 e. The van der Waals surface area contributed by atoms with Gasteiger partial charge in [-0.1, -0.05) is 12.8 Å². The van der Waals surface area contributed by atoms with E-state index in [1.165, 1.54) is 12.8 Å². The van der Waals surface area contributed by atoms with Crippen LogP contribution in [-0.4, -0.2) is 47.9 Å². The van der Waals surface area contributed by atoms with Crippen LogP contribution < -0.4 is 10.6 Å². The first-order valence-corrected chi connectivity index (χ1v) is 8.31. The maximum absolute atomic E-state index is 12.3. The van der Waals surface area contributed by atoms with E-state index in [9.17, 15) is 9.59 Å². The molecule has 6 nitrogen and oxygen atoms in total. The second-order valence-electron chi connectivity index (χ2n) is 6.67. The second kappa shape index (κ2) is 6.56. The molecule has 2 aliphatic rings. The second-order valence-corrected chi connectivity index (χ2v) is 6.67. The van der Waals surface area contributed by atoms with Crippen LogP contribution in [-0.2, 0) is 4.79 Å². The van der Waals surface area contributed by atoms with Crippen molar-refractivity contribution in [3.8, 4) is 0 Å². The van der Waals surface area contributed by atoms with E-state index in [0.29, 0.717) is 30.4 Å². The molecule has 2 fully saturated rings. The van der Waals surface area contributed by atoms with Gasteiger partial charge in [-0.25, -0.2) is 4.98 Å². The van der Waals surface area contributed by atoms with Gasteiger partial charge in [0, 0.05) is 44.7 Å². The zero-order valence-electron chi connectivity index (χ0n) is 13.6. The number of aromatic nitrogens is 1. The Balaban J connectivity index is 1.66. The highest BCUT2D eigenvalue weighted by molar-refractivity contribution is 5.97. The molecule has 1 aliphatic heterocycles. The molecule has 0 bridgehead atoms. The summed E-state index contributed by atoms with van der Waals surface area (Å²) in [4.78, 5) is 32.1. The van der Waals surface area contributed by atoms with E-state index in [2.05, 4.69) is 9.88 Å². The van der Waals surface area contributed by atoms with Crippen molar-refractivity contribution in [1.29, 1.82) is 0 Å². The number of likely N-dealkylation sites (tertiary alicyclic amines) is 1. The molecular weight excluding hydrogens is 292 g/mol. The Kier molecular flexibility index (Phi) is 4.50. The van der Waals surface area contributed by atoms with E-state index in [1.54, 1.807) is 18.3 Å². The van der Waals surface area contributed by atoms with Crippen LogP contribution in [0.1, 0.15) is 42.5 Å². The average molecular weight is 316 g/mol. The topological polar surface area (TPSA) is 79.5 Å². The van der Waals surface area contributed by atoms with E-state index >= 15 is 0 Å². The number of nitrogens with zero attached hydrogens (tertiary/aromatic N) is 3. The Morgan fingerprint density at radius 2 is 2.17 bits per heavy atom. The molecule has 6 heteroatoms. The molecule has 1 atom stereocenters. The third-order valence-electron chi connectivity index (χ3n) is 4.95. The molecule has 124 valence electrons. The fraction of sp³-hybridized carbons (Fsp3) is 0.588. The largest absolute Gasteiger partial charge is 0.365 e. The van der Waals surface area contributed by atoms with E-state index < -0.39 is 5.91 Å². The van der Waals surface area contributed by atoms with Gasteiger partial charge in [0.25, 0.3) is 5.91 Å². The molecule has 2 amide bonds. The average Bonchev–Trinajstić information content (AvgIpc) is 3.16. The monoisotopic (exact) mass is 316 g/mol. The number of carbonyl (C=O) groups is 2. The van der Waals surface area contributed by atoms with Gasteiger partial charge >= 0.3 is 0 Å². The Hall–Kier alpha value is -2.11. The summed E-state index contributed by atoms with van der Waals surface area (Å²) in [5, 5.41) is 0. The van der Waals surface area contributed by atoms with Crippen molar-refractivity contribution in [2.75, 3.05) is 25.0 Å². The van der Waals surface area contributed by atoms with Crippen LogP contribution >= 0.6 is 0 Å². The SMILES string of the molecule is CN(CC1CC(=O)N(C2CCCC2)C1)c1ncccc1C(N)=O. The molecule has 0 radical (unpaired) electrons. The maximum atomic E-state index is 12.3. The minimum absolute atomic E-state index is 0.270. The van der Waals surface area contributed by atoms with Gasteiger partial charge in [0.2, 0.25) is 5.91 Å². The quantitative estimate of drug-likeness (QED) is 0.890. The first-order valence-electron chi connectivity index (χ1n) is 8.31. The summed E-state index contributed by atoms with van der Waals surface area (Å²) in [5.41, 5.74) is 5.84. The summed E-state index contributed by atoms with van der Waals surface area (Å²) in [6.45, 7) is 1.51. The number of hydrogen-bond donors (Lipinski definition) is 1. The number of carbonyl (C=O) groups excluding carboxylic acids is 2. The Bertz CT molecular complexity index is 598. The van der Waals surface area contributed by atoms with E-state index in [1.807, 2.05) is 11.9 Å². The number of hydrogen-bond acceptors (Lipinski definition) is 4. The summed E-state index contributed by atoms with van der Waals surface area (Å²) in [6.07, 6.45) is 6.98. The Labute approximate surface area is 136 Å². The molecule has 1 aromatic heterocycles. The van der Waals surface area contributed by atoms with Crippen LogP contribution in [0.4, 0.5) is 5.82 Å². The van der Waals surface area contributed by atoms with Gasteiger partial charge in [0.15, 0.2) is 0 Å². The summed E-state index contributed by atoms with van der Waals surface area (Å²) < 4.78 is 0. The van der Waals surface area contributed by atoms with Gasteiger partial charge in [0.05, 0.1) is 5.56 Å². The van der Waals surface area contributed by atoms with E-state index in [4.69, 9.17) is 5.73 Å². The lowest BCUT2D eigenvalue weighted by Gasteiger charge is -2.26. The van der Waals surface area contributed by atoms with E-state index in [-0.39, 0.29) is 11.8 Å². The molecule has 0 aromatic carbocycles. The zero-order chi connectivity index (χ0) is 16.4. The molecule has 1 aliphatic carbocycles. The van der Waals surface area contributed by atoms with Crippen molar-refractivity contribution in [2.24, 2.45) is 11.7 Å². The standard InChI is InChI=1S/C17H24N4O2/c1-20(17-14(16(18)23)7-4-8-19-17)10-12-9-15(22)21(11-12)13-5-2-3-6-13/h4,7-8,12-13H,2-3,5-6,9-11H2,1H3,(H2,18,23). The third-order valence-corrected chi connectivity index (χ3v) is 4.95. The number of rotatable bonds is 5. The van der Waals surface area contributed by atoms with Crippen molar-refractivity contribution in [3.63, 3.8) is 0 Å². The highest BCUT2D eigenvalue weighted by Gasteiger charge is 2.36. The molecule has 23 heavy (non-hydrogen) atoms. The van der Waals surface area contributed by atoms with E-state index in [0.717, 1.165) is 19.4 Å². The number of anilines is 1. The molecular formula is C17H24N4O2. The van der Waals surface area contributed by atoms with Crippen LogP contribution in [0, 0.1) is 5.92 Å². The lowest BCUT2D eigenvalue weighted by molar-refractivity contribution is -0.129. The summed E-state index contributed by atoms with van der Waals surface area (Å²) >= 11 is 0. The van der Waals surface area contributed by atoms with Crippen LogP contribution in [0.5, 0.6) is 0 Å². The van der Waals surface area contributed by atoms with Crippen LogP contribution in [0.2, 0.25) is 0 Å². The molecule has 1 unspecified atom stereocenters. The highest BCUT2D eigenvalue weighted by atomic mass is 16.2. The molecule has 1 saturated carbocycles. The third kappa shape index (κ3) is 3.30. The summed E-state index contributed by atoms with van der Waals surface area (Å²) in [7, 11) is 1.90. The van der Waals surface area contributed by atoms with Crippen molar-refractivity contribution in [2.45, 2.75) is 38.1 Å². The molecule has 3 rings (SSSR count). The predicted molar refractivity (Wildman–Crippen MR) is 88.1 cm³/mol. The minimum atomic E-state index is -0.477. The molecule has 1 aromatic rings. The fourth-order valence-electron chi connectivity index (χ4n) is 3.87. The van der Waals surface area contributed by atoms with Gasteiger partial charge in [-0.15, -0.1) is 0 Å². The van der Waals surface area contributed by atoms with Crippen molar-refractivity contribution < 1.29 is 9.59 Å². The van der Waals surface area contributed by atoms with Crippen LogP contribution in [0.3, 0.4) is 0 Å². The lowest BCUT2D eigenvalue weighted by Crippen LogP contribution is -2.35. The number of amides is 2. The van der Waals surface area contributed by atoms with Crippen LogP contribution in [0.25, 0.3) is 0 Å². The zero-order valence-corrected chi connectivity index (χ0v) is 13.6. The Morgan fingerprint density at radius 1 is 1.43 bits per heavy atom. The predicted octanol–water partition coefficient (Wildman–Crippen LogP) is 1.41. The van der Waals surface area contributed by atoms with Gasteiger partial charge in [-0.3, -0.25) is 9.59 Å². The fourth-order valence-corrected chi connectivity index (χ4v) is 3.87. The van der Waals surface area contributed by atoms with Crippen molar-refractivity contribution in [1.82, 2.24) is 9.88 Å².